The van der Waals surface area contributed by atoms with E-state index in [-0.39, 0.29) is 146 Å². The molecule has 324 valence electrons. The first-order chi connectivity index (χ1) is 20.5. The second-order valence-corrected chi connectivity index (χ2v) is 21.8. The van der Waals surface area contributed by atoms with Gasteiger partial charge in [0.25, 0.3) is 0 Å². The van der Waals surface area contributed by atoms with Crippen molar-refractivity contribution in [3.63, 3.8) is 0 Å². The third-order valence-electron chi connectivity index (χ3n) is 3.79. The van der Waals surface area contributed by atoms with Gasteiger partial charge in [0, 0.05) is 95.0 Å². The number of aliphatic hydroxyl groups is 8. The van der Waals surface area contributed by atoms with Crippen molar-refractivity contribution in [2.24, 2.45) is 43.3 Å². The van der Waals surface area contributed by atoms with Gasteiger partial charge in [0.2, 0.25) is 0 Å². The Labute approximate surface area is 351 Å². The van der Waals surface area contributed by atoms with E-state index in [0.29, 0.717) is 0 Å². The van der Waals surface area contributed by atoms with Gasteiger partial charge in [0.1, 0.15) is 0 Å². The minimum atomic E-state index is 0. The standard InChI is InChI=1S/8C5H12O.CH3.2W/c8*1-5(2,3)4-6;;;/h8*6H,4H2,1-3H3;1H3;;/q;;;;;;;;-1;;. The molecule has 0 rings (SSSR count). The molecule has 0 unspecified atom stereocenters. The summed E-state index contributed by atoms with van der Waals surface area (Å²) in [6.07, 6.45) is 0. The number of aliphatic hydroxyl groups excluding tert-OH is 8. The summed E-state index contributed by atoms with van der Waals surface area (Å²) in [5.74, 6) is 0. The third-order valence-corrected chi connectivity index (χ3v) is 3.79. The van der Waals surface area contributed by atoms with E-state index in [0.717, 1.165) is 0 Å². The summed E-state index contributed by atoms with van der Waals surface area (Å²) in [5, 5.41) is 67.2. The molecule has 0 atom stereocenters. The van der Waals surface area contributed by atoms with E-state index < -0.39 is 0 Å². The number of rotatable bonds is 0. The molecule has 0 bridgehead atoms. The average molecular weight is 1090 g/mol. The van der Waals surface area contributed by atoms with Gasteiger partial charge in [-0.05, 0) is 43.3 Å². The van der Waals surface area contributed by atoms with E-state index in [2.05, 4.69) is 0 Å². The van der Waals surface area contributed by atoms with Crippen LogP contribution in [-0.2, 0) is 42.1 Å². The Morgan fingerprint density at radius 1 is 0.196 bits per heavy atom. The molecule has 0 spiro atoms. The van der Waals surface area contributed by atoms with E-state index in [1.54, 1.807) is 0 Å². The first-order valence-electron chi connectivity index (χ1n) is 17.4. The molecule has 0 fully saturated rings. The van der Waals surface area contributed by atoms with Crippen LogP contribution in [0, 0.1) is 50.7 Å². The topological polar surface area (TPSA) is 162 Å². The Morgan fingerprint density at radius 2 is 0.216 bits per heavy atom. The van der Waals surface area contributed by atoms with Gasteiger partial charge in [-0.15, -0.1) is 0 Å². The molecule has 0 aromatic rings. The first kappa shape index (κ1) is 80.5. The van der Waals surface area contributed by atoms with Crippen LogP contribution in [0.15, 0.2) is 0 Å². The Morgan fingerprint density at radius 3 is 0.216 bits per heavy atom. The zero-order valence-electron chi connectivity index (χ0n) is 39.1. The van der Waals surface area contributed by atoms with Crippen LogP contribution in [0.5, 0.6) is 0 Å². The van der Waals surface area contributed by atoms with Crippen LogP contribution < -0.4 is 0 Å². The van der Waals surface area contributed by atoms with Crippen LogP contribution in [-0.4, -0.2) is 93.7 Å². The molecule has 0 saturated heterocycles. The molecule has 8 N–H and O–H groups in total. The van der Waals surface area contributed by atoms with Gasteiger partial charge in [-0.25, -0.2) is 0 Å². The van der Waals surface area contributed by atoms with Crippen molar-refractivity contribution in [2.45, 2.75) is 166 Å². The van der Waals surface area contributed by atoms with Crippen molar-refractivity contribution in [1.82, 2.24) is 0 Å². The zero-order valence-corrected chi connectivity index (χ0v) is 44.9. The molecule has 51 heavy (non-hydrogen) atoms. The number of hydrogen-bond donors (Lipinski definition) is 8. The van der Waals surface area contributed by atoms with Crippen molar-refractivity contribution in [1.29, 1.82) is 0 Å². The largest absolute Gasteiger partial charge is 0.396 e. The van der Waals surface area contributed by atoms with Crippen molar-refractivity contribution in [2.75, 3.05) is 52.9 Å². The fourth-order valence-electron chi connectivity index (χ4n) is 0. The third kappa shape index (κ3) is 196. The van der Waals surface area contributed by atoms with Crippen molar-refractivity contribution >= 4 is 0 Å². The Balaban J connectivity index is -0.0000000395. The molecule has 0 heterocycles. The summed E-state index contributed by atoms with van der Waals surface area (Å²) in [5.41, 5.74) is 0.778. The maximum absolute atomic E-state index is 8.40. The SMILES string of the molecule is CC(C)(C)CO.CC(C)(C)CO.CC(C)(C)CO.CC(C)(C)CO.CC(C)(C)CO.CC(C)(C)CO.CC(C)(C)CO.CC(C)(C)CO.[CH3-].[W].[W]. The molecule has 0 aromatic carbocycles. The van der Waals surface area contributed by atoms with E-state index >= 15 is 0 Å². The number of hydrogen-bond acceptors (Lipinski definition) is 8. The first-order valence-corrected chi connectivity index (χ1v) is 17.4. The molecule has 0 aliphatic heterocycles. The molecular formula is C41H99O8W2-. The fraction of sp³-hybridized carbons (Fsp3) is 0.976. The second-order valence-electron chi connectivity index (χ2n) is 21.8. The van der Waals surface area contributed by atoms with Gasteiger partial charge in [0.15, 0.2) is 0 Å². The van der Waals surface area contributed by atoms with Crippen molar-refractivity contribution in [3.05, 3.63) is 7.43 Å². The summed E-state index contributed by atoms with van der Waals surface area (Å²) in [6.45, 7) is 50.0. The predicted octanol–water partition coefficient (Wildman–Crippen LogP) is 8.64. The molecule has 0 aliphatic rings. The van der Waals surface area contributed by atoms with Crippen molar-refractivity contribution in [3.8, 4) is 0 Å². The molecule has 0 aliphatic carbocycles. The Hall–Kier alpha value is 1.06. The minimum absolute atomic E-state index is 0. The molecule has 0 saturated carbocycles. The summed E-state index contributed by atoms with van der Waals surface area (Å²) in [6, 6.07) is 0. The van der Waals surface area contributed by atoms with Crippen LogP contribution in [0.1, 0.15) is 166 Å². The van der Waals surface area contributed by atoms with Gasteiger partial charge in [-0.3, -0.25) is 0 Å². The molecule has 0 aromatic heterocycles. The van der Waals surface area contributed by atoms with Crippen LogP contribution >= 0.6 is 0 Å². The van der Waals surface area contributed by atoms with Gasteiger partial charge < -0.3 is 48.3 Å². The van der Waals surface area contributed by atoms with Gasteiger partial charge in [0.05, 0.1) is 0 Å². The normalized spacial score (nSPS) is 11.3. The van der Waals surface area contributed by atoms with Crippen molar-refractivity contribution < 1.29 is 83.0 Å². The van der Waals surface area contributed by atoms with Gasteiger partial charge in [-0.2, -0.15) is 0 Å². The molecule has 0 amide bonds. The molecule has 0 radical (unpaired) electrons. The van der Waals surface area contributed by atoms with Crippen LogP contribution in [0.25, 0.3) is 0 Å². The van der Waals surface area contributed by atoms with Gasteiger partial charge >= 0.3 is 0 Å². The fourth-order valence-corrected chi connectivity index (χ4v) is 0. The van der Waals surface area contributed by atoms with Crippen LogP contribution in [0.4, 0.5) is 0 Å². The second kappa shape index (κ2) is 39.3. The van der Waals surface area contributed by atoms with Gasteiger partial charge in [-0.1, -0.05) is 166 Å². The predicted molar refractivity (Wildman–Crippen MR) is 219 cm³/mol. The average Bonchev–Trinajstić information content (AvgIpc) is 2.88. The quantitative estimate of drug-likeness (QED) is 0.112. The maximum atomic E-state index is 8.40. The van der Waals surface area contributed by atoms with E-state index in [1.165, 1.54) is 0 Å². The van der Waals surface area contributed by atoms with Crippen LogP contribution in [0.2, 0.25) is 0 Å². The molecule has 10 heteroatoms. The van der Waals surface area contributed by atoms with E-state index in [1.807, 2.05) is 166 Å². The minimum Gasteiger partial charge on any atom is -0.396 e. The van der Waals surface area contributed by atoms with E-state index in [9.17, 15) is 0 Å². The summed E-state index contributed by atoms with van der Waals surface area (Å²) >= 11 is 0. The monoisotopic (exact) mass is 1090 g/mol. The van der Waals surface area contributed by atoms with E-state index in [4.69, 9.17) is 40.9 Å². The smallest absolute Gasteiger partial charge is 0.0479 e. The summed E-state index contributed by atoms with van der Waals surface area (Å²) < 4.78 is 0. The summed E-state index contributed by atoms with van der Waals surface area (Å²) in [7, 11) is 0. The zero-order chi connectivity index (χ0) is 41.7. The molecule has 8 nitrogen and oxygen atoms in total. The van der Waals surface area contributed by atoms with Crippen LogP contribution in [0.3, 0.4) is 0 Å². The Bertz CT molecular complexity index is 450. The summed E-state index contributed by atoms with van der Waals surface area (Å²) in [4.78, 5) is 0. The maximum Gasteiger partial charge on any atom is 0.0479 e. The molecular weight excluding hydrogens is 988 g/mol. The Kier molecular flexibility index (Phi) is 62.0.